The fourth-order valence-electron chi connectivity index (χ4n) is 15.2. The first-order valence-corrected chi connectivity index (χ1v) is 47.9. The summed E-state index contributed by atoms with van der Waals surface area (Å²) in [5, 5.41) is 31.1. The number of ketones is 4. The number of nitrogens with two attached hydrogens (primary N) is 8. The number of aromatic nitrogens is 2. The van der Waals surface area contributed by atoms with Gasteiger partial charge in [0.25, 0.3) is 23.6 Å². The van der Waals surface area contributed by atoms with Gasteiger partial charge in [-0.3, -0.25) is 76.7 Å². The summed E-state index contributed by atoms with van der Waals surface area (Å²) in [4.78, 5) is 210. The third-order valence-electron chi connectivity index (χ3n) is 23.3. The Morgan fingerprint density at radius 3 is 0.810 bits per heavy atom. The summed E-state index contributed by atoms with van der Waals surface area (Å²) in [6.45, 7) is 2.83. The first-order valence-electron chi connectivity index (χ1n) is 47.9. The van der Waals surface area contributed by atoms with Gasteiger partial charge in [0, 0.05) is 103 Å². The molecule has 35 nitrogen and oxygen atoms in total. The highest BCUT2D eigenvalue weighted by Gasteiger charge is 2.36. The van der Waals surface area contributed by atoms with Crippen LogP contribution in [0.3, 0.4) is 0 Å². The Balaban J connectivity index is 0.000000290. The molecule has 0 aliphatic rings. The van der Waals surface area contributed by atoms with Gasteiger partial charge in [-0.1, -0.05) is 220 Å². The lowest BCUT2D eigenvalue weighted by atomic mass is 9.90. The smallest absolute Gasteiger partial charge is 0.251 e. The van der Waals surface area contributed by atoms with E-state index in [0.717, 1.165) is 28.7 Å². The molecule has 142 heavy (non-hydrogen) atoms. The number of Topliss-reactive ketones (excluding diaryl/α,β-unsaturated/α-hetero) is 4. The van der Waals surface area contributed by atoms with Gasteiger partial charge in [-0.25, -0.2) is 4.98 Å². The number of primary amides is 4. The van der Waals surface area contributed by atoms with Crippen molar-refractivity contribution in [3.63, 3.8) is 0 Å². The number of unbranched alkanes of at least 4 members (excludes halogenated alkanes) is 4. The molecule has 0 saturated carbocycles. The number of carbonyl (C=O) groups is 16. The summed E-state index contributed by atoms with van der Waals surface area (Å²) in [5.41, 5.74) is 49.5. The third kappa shape index (κ3) is 44.5. The largest absolute Gasteiger partial charge is 0.394 e. The highest BCUT2D eigenvalue weighted by Crippen LogP contribution is 2.24. The predicted molar refractivity (Wildman–Crippen MR) is 541 cm³/mol. The number of aromatic amines is 1. The number of H-pyrrole nitrogens is 1. The van der Waals surface area contributed by atoms with E-state index in [9.17, 15) is 81.8 Å². The molecule has 0 spiro atoms. The van der Waals surface area contributed by atoms with E-state index in [1.807, 2.05) is 127 Å². The van der Waals surface area contributed by atoms with Gasteiger partial charge in [-0.2, -0.15) is 0 Å². The molecule has 12 amide bonds. The lowest BCUT2D eigenvalue weighted by Crippen LogP contribution is -2.50. The molecule has 0 aliphatic heterocycles. The van der Waals surface area contributed by atoms with Crippen molar-refractivity contribution in [2.75, 3.05) is 39.3 Å². The van der Waals surface area contributed by atoms with Crippen LogP contribution in [0.1, 0.15) is 185 Å². The molecule has 11 atom stereocenters. The normalized spacial score (nSPS) is 13.1. The van der Waals surface area contributed by atoms with Crippen LogP contribution in [-0.2, 0) is 89.6 Å². The average molecular weight is 1950 g/mol. The molecule has 758 valence electrons. The standard InChI is InChI=1S/C29H36N6O4.C26H34N4O5.2C26H34N4O4/c30-14-8-7-13-22(29(39)35-25(27(31)37)17-23-18-32-19-33-23)16-26(36)24(15-20-9-3-1-4-10-20)34-28(38)21-11-5-2-6-12-21;27-14-8-7-13-20(26(35)30-22(17-31)24(28)33)16-23(32)21(15-18-9-3-1-4-10-18)29-25(34)19-11-5-2-6-12-19;1-18(24(28)32)29-26(34)21(14-8-9-15-27)17-23(31)22(16-19-10-4-2-5-11-19)30-25(33)20-12-6-3-7-13-20;27-15-8-7-13-21(25(33)29-16-14-24(28)32)18-23(31)22(17-19-9-3-1-4-10-19)30-26(34)20-11-5-2-6-12-20/h1-6,9-12,18-19,22,24-25H,7-8,13-17,30H2,(H2,31,37)(H,32,33)(H,34,38)(H,35,39);1-6,9-12,20-22,31H,7-8,13-17,27H2,(H2,28,33)(H,29,34)(H,30,35);2-7,10-13,18,21-22H,8-9,14-17,27H2,1H3,(H2,28,32)(H,29,34)(H,30,33);1-6,9-12,21-22H,7-8,13-18,27H2,(H2,28,32)(H,29,33)(H,30,34)/t22-,24+,25+;20-,21+,22+;18-,21+,22-;21-,22+/m1101/s1. The van der Waals surface area contributed by atoms with Crippen LogP contribution in [0.25, 0.3) is 0 Å². The minimum absolute atomic E-state index is 0.0268. The van der Waals surface area contributed by atoms with Gasteiger partial charge in [-0.05, 0) is 181 Å². The van der Waals surface area contributed by atoms with Crippen LogP contribution in [0.2, 0.25) is 0 Å². The van der Waals surface area contributed by atoms with Crippen LogP contribution >= 0.6 is 0 Å². The second kappa shape index (κ2) is 65.9. The van der Waals surface area contributed by atoms with Crippen molar-refractivity contribution in [3.05, 3.63) is 305 Å². The highest BCUT2D eigenvalue weighted by atomic mass is 16.3. The Bertz CT molecular complexity index is 5370. The molecule has 0 aliphatic carbocycles. The molecule has 9 rings (SSSR count). The highest BCUT2D eigenvalue weighted by molar-refractivity contribution is 6.03. The molecule has 9 aromatic rings. The summed E-state index contributed by atoms with van der Waals surface area (Å²) in [6.07, 6.45) is 11.0. The maximum atomic E-state index is 13.6. The van der Waals surface area contributed by atoms with Crippen molar-refractivity contribution in [1.82, 2.24) is 52.5 Å². The van der Waals surface area contributed by atoms with Gasteiger partial charge in [-0.15, -0.1) is 0 Å². The van der Waals surface area contributed by atoms with Crippen molar-refractivity contribution in [3.8, 4) is 0 Å². The Hall–Kier alpha value is -14.9. The quantitative estimate of drug-likeness (QED) is 0.0200. The first kappa shape index (κ1) is 116. The Labute approximate surface area is 828 Å². The molecule has 1 aromatic heterocycles. The maximum Gasteiger partial charge on any atom is 0.251 e. The first-order chi connectivity index (χ1) is 68.4. The fraction of sp³-hybridized carbons (Fsp3) is 0.374. The fourth-order valence-corrected chi connectivity index (χ4v) is 15.2. The van der Waals surface area contributed by atoms with E-state index in [1.54, 1.807) is 121 Å². The van der Waals surface area contributed by atoms with Crippen LogP contribution in [-0.4, -0.2) is 191 Å². The zero-order valence-corrected chi connectivity index (χ0v) is 80.4. The number of nitrogens with zero attached hydrogens (tertiary/aromatic N) is 1. The van der Waals surface area contributed by atoms with Gasteiger partial charge < -0.3 is 98.5 Å². The third-order valence-corrected chi connectivity index (χ3v) is 23.3. The minimum Gasteiger partial charge on any atom is -0.394 e. The molecule has 0 radical (unpaired) electrons. The zero-order chi connectivity index (χ0) is 103. The Morgan fingerprint density at radius 1 is 0.310 bits per heavy atom. The van der Waals surface area contributed by atoms with Gasteiger partial charge in [0.05, 0.1) is 37.1 Å². The van der Waals surface area contributed by atoms with Gasteiger partial charge >= 0.3 is 0 Å². The number of rotatable bonds is 60. The lowest BCUT2D eigenvalue weighted by molar-refractivity contribution is -0.133. The summed E-state index contributed by atoms with van der Waals surface area (Å²) in [7, 11) is 0. The number of imidazole rings is 1. The second-order valence-electron chi connectivity index (χ2n) is 34.5. The van der Waals surface area contributed by atoms with Crippen molar-refractivity contribution >= 4 is 94.0 Å². The van der Waals surface area contributed by atoms with E-state index in [-0.39, 0.29) is 105 Å². The molecule has 26 N–H and O–H groups in total. The van der Waals surface area contributed by atoms with Crippen molar-refractivity contribution in [2.45, 2.75) is 190 Å². The number of aliphatic hydroxyl groups excluding tert-OH is 1. The van der Waals surface area contributed by atoms with E-state index in [2.05, 4.69) is 52.5 Å². The van der Waals surface area contributed by atoms with Crippen LogP contribution in [0.4, 0.5) is 0 Å². The maximum absolute atomic E-state index is 13.6. The number of hydrogen-bond donors (Lipinski definition) is 18. The summed E-state index contributed by atoms with van der Waals surface area (Å²) < 4.78 is 0. The number of hydrogen-bond acceptors (Lipinski definition) is 22. The molecule has 35 heteroatoms. The monoisotopic (exact) mass is 1950 g/mol. The molecule has 0 saturated heterocycles. The van der Waals surface area contributed by atoms with E-state index in [0.29, 0.717) is 138 Å². The molecule has 1 heterocycles. The Kier molecular flexibility index (Phi) is 53.7. The van der Waals surface area contributed by atoms with Crippen LogP contribution in [0.5, 0.6) is 0 Å². The molecule has 0 fully saturated rings. The van der Waals surface area contributed by atoms with Gasteiger partial charge in [0.15, 0.2) is 23.1 Å². The average Bonchev–Trinajstić information content (AvgIpc) is 0.900. The van der Waals surface area contributed by atoms with Crippen LogP contribution < -0.4 is 88.4 Å². The molecular formula is C107H138N18O17. The molecule has 0 bridgehead atoms. The van der Waals surface area contributed by atoms with Gasteiger partial charge in [0.1, 0.15) is 18.1 Å². The topological polar surface area (TPSA) is 626 Å². The SMILES string of the molecule is C[C@H](NC(=O)[C@H](CCCCN)CC(=O)[C@H](Cc1ccccc1)NC(=O)c1ccccc1)C(N)=O.NCCCC[C@H](CC(=O)[C@H](Cc1ccccc1)NC(=O)c1ccccc1)C(=O)NCCC(N)=O.NCCCC[C@H](CC(=O)[C@H](Cc1ccccc1)NC(=O)c1ccccc1)C(=O)N[C@@H](CO)C(N)=O.NCCCC[C@H](CC(=O)[C@H](Cc1ccccc1)NC(=O)c1ccccc1)C(=O)N[C@@H](Cc1cnc[nH]1)C(N)=O. The molecule has 8 aromatic carbocycles. The van der Waals surface area contributed by atoms with E-state index in [1.165, 1.54) is 13.3 Å². The molecular weight excluding hydrogens is 1810 g/mol. The minimum atomic E-state index is -1.24. The van der Waals surface area contributed by atoms with Crippen LogP contribution in [0, 0.1) is 23.7 Å². The second-order valence-corrected chi connectivity index (χ2v) is 34.5. The number of aliphatic hydroxyl groups is 1. The number of benzene rings is 8. The predicted octanol–water partition coefficient (Wildman–Crippen LogP) is 5.81. The zero-order valence-electron chi connectivity index (χ0n) is 80.4. The number of carbonyl (C=O) groups excluding carboxylic acids is 16. The molecule has 0 unspecified atom stereocenters. The van der Waals surface area contributed by atoms with Gasteiger partial charge in [0.2, 0.25) is 47.3 Å². The summed E-state index contributed by atoms with van der Waals surface area (Å²) in [5.74, 6) is -9.73. The van der Waals surface area contributed by atoms with Crippen molar-refractivity contribution in [1.29, 1.82) is 0 Å². The van der Waals surface area contributed by atoms with Crippen molar-refractivity contribution in [2.24, 2.45) is 69.5 Å². The van der Waals surface area contributed by atoms with Crippen LogP contribution in [0.15, 0.2) is 255 Å². The Morgan fingerprint density at radius 2 is 0.570 bits per heavy atom. The number of nitrogens with one attached hydrogen (secondary N) is 9. The summed E-state index contributed by atoms with van der Waals surface area (Å²) >= 11 is 0. The lowest BCUT2D eigenvalue weighted by Gasteiger charge is -2.23. The van der Waals surface area contributed by atoms with E-state index >= 15 is 0 Å². The summed E-state index contributed by atoms with van der Waals surface area (Å²) in [6, 6.07) is 65.6. The number of amides is 12. The van der Waals surface area contributed by atoms with Crippen molar-refractivity contribution < 1.29 is 81.8 Å². The van der Waals surface area contributed by atoms with E-state index in [4.69, 9.17) is 45.9 Å². The van der Waals surface area contributed by atoms with E-state index < -0.39 is 120 Å².